The molecule has 30 heavy (non-hydrogen) atoms. The Morgan fingerprint density at radius 3 is 2.33 bits per heavy atom. The highest BCUT2D eigenvalue weighted by atomic mass is 16.5. The fourth-order valence-electron chi connectivity index (χ4n) is 3.51. The number of carbonyl (C=O) groups is 2. The molecule has 6 nitrogen and oxygen atoms in total. The number of ether oxygens (including phenoxy) is 1. The molecule has 1 aliphatic rings. The second kappa shape index (κ2) is 7.40. The van der Waals surface area contributed by atoms with E-state index in [2.05, 4.69) is 0 Å². The first-order valence-electron chi connectivity index (χ1n) is 9.27. The van der Waals surface area contributed by atoms with Crippen molar-refractivity contribution >= 4 is 29.2 Å². The number of rotatable bonds is 3. The summed E-state index contributed by atoms with van der Waals surface area (Å²) in [5.41, 5.74) is 3.04. The fourth-order valence-corrected chi connectivity index (χ4v) is 3.51. The van der Waals surface area contributed by atoms with Gasteiger partial charge in [-0.3, -0.25) is 9.59 Å². The minimum Gasteiger partial charge on any atom is -0.504 e. The molecule has 0 saturated carbocycles. The zero-order valence-corrected chi connectivity index (χ0v) is 16.4. The van der Waals surface area contributed by atoms with Gasteiger partial charge in [-0.1, -0.05) is 30.3 Å². The van der Waals surface area contributed by atoms with E-state index >= 15 is 0 Å². The third kappa shape index (κ3) is 3.18. The number of hydrogen-bond acceptors (Lipinski definition) is 5. The first-order chi connectivity index (χ1) is 14.4. The number of anilines is 1. The molecule has 0 aromatic heterocycles. The number of imide groups is 1. The van der Waals surface area contributed by atoms with Crippen molar-refractivity contribution in [3.05, 3.63) is 82.9 Å². The number of nitrogens with zero attached hydrogens (tertiary/aromatic N) is 1. The Morgan fingerprint density at radius 1 is 0.900 bits per heavy atom. The van der Waals surface area contributed by atoms with Crippen LogP contribution >= 0.6 is 0 Å². The van der Waals surface area contributed by atoms with Gasteiger partial charge in [-0.25, -0.2) is 4.90 Å². The van der Waals surface area contributed by atoms with Gasteiger partial charge in [0.1, 0.15) is 0 Å². The van der Waals surface area contributed by atoms with Crippen LogP contribution in [-0.2, 0) is 4.79 Å². The monoisotopic (exact) mass is 401 g/mol. The van der Waals surface area contributed by atoms with Crippen LogP contribution in [0.4, 0.5) is 5.69 Å². The molecule has 0 fully saturated rings. The van der Waals surface area contributed by atoms with Crippen molar-refractivity contribution in [1.29, 1.82) is 0 Å². The molecule has 0 spiro atoms. The van der Waals surface area contributed by atoms with Crippen LogP contribution < -0.4 is 9.64 Å². The van der Waals surface area contributed by atoms with Gasteiger partial charge in [-0.05, 0) is 60.0 Å². The smallest absolute Gasteiger partial charge is 0.265 e. The Bertz CT molecular complexity index is 1210. The molecule has 2 N–H and O–H groups in total. The second-order valence-corrected chi connectivity index (χ2v) is 6.98. The number of aromatic hydroxyl groups is 2. The van der Waals surface area contributed by atoms with Gasteiger partial charge in [0.05, 0.1) is 12.8 Å². The van der Waals surface area contributed by atoms with Crippen molar-refractivity contribution in [3.8, 4) is 17.2 Å². The molecule has 0 unspecified atom stereocenters. The summed E-state index contributed by atoms with van der Waals surface area (Å²) in [4.78, 5) is 27.7. The molecule has 3 aromatic carbocycles. The second-order valence-electron chi connectivity index (χ2n) is 6.98. The normalized spacial score (nSPS) is 14.7. The average Bonchev–Trinajstić information content (AvgIpc) is 2.73. The van der Waals surface area contributed by atoms with E-state index in [1.807, 2.05) is 13.0 Å². The number of benzene rings is 3. The van der Waals surface area contributed by atoms with E-state index in [0.29, 0.717) is 28.0 Å². The molecular weight excluding hydrogens is 382 g/mol. The van der Waals surface area contributed by atoms with Gasteiger partial charge in [-0.15, -0.1) is 0 Å². The average molecular weight is 401 g/mol. The zero-order valence-electron chi connectivity index (χ0n) is 16.4. The van der Waals surface area contributed by atoms with Crippen LogP contribution in [0.2, 0.25) is 0 Å². The van der Waals surface area contributed by atoms with Gasteiger partial charge in [-0.2, -0.15) is 0 Å². The van der Waals surface area contributed by atoms with Crippen LogP contribution in [0.5, 0.6) is 17.2 Å². The lowest BCUT2D eigenvalue weighted by Gasteiger charge is -2.29. The number of fused-ring (bicyclic) bond motifs is 1. The van der Waals surface area contributed by atoms with Crippen LogP contribution in [0.1, 0.15) is 27.0 Å². The molecule has 0 atom stereocenters. The minimum atomic E-state index is -0.476. The third-order valence-corrected chi connectivity index (χ3v) is 4.95. The summed E-state index contributed by atoms with van der Waals surface area (Å²) in [6, 6.07) is 16.9. The molecule has 0 saturated heterocycles. The van der Waals surface area contributed by atoms with E-state index in [9.17, 15) is 19.8 Å². The SMILES string of the molecule is COc1cc(C=C2C(=O)N(c3cccc(C)c3)C(=O)c3ccccc32)cc(O)c1O. The van der Waals surface area contributed by atoms with Crippen LogP contribution in [0.25, 0.3) is 11.6 Å². The van der Waals surface area contributed by atoms with Crippen molar-refractivity contribution in [2.24, 2.45) is 0 Å². The van der Waals surface area contributed by atoms with Crippen molar-refractivity contribution in [1.82, 2.24) is 0 Å². The molecule has 150 valence electrons. The molecule has 1 aliphatic heterocycles. The maximum Gasteiger partial charge on any atom is 0.265 e. The molecule has 2 amide bonds. The lowest BCUT2D eigenvalue weighted by atomic mass is 9.91. The maximum absolute atomic E-state index is 13.4. The van der Waals surface area contributed by atoms with E-state index < -0.39 is 11.8 Å². The zero-order chi connectivity index (χ0) is 21.4. The molecule has 0 bridgehead atoms. The summed E-state index contributed by atoms with van der Waals surface area (Å²) in [6.07, 6.45) is 1.57. The Labute approximate surface area is 173 Å². The molecule has 0 radical (unpaired) electrons. The van der Waals surface area contributed by atoms with Crippen molar-refractivity contribution in [2.45, 2.75) is 6.92 Å². The standard InChI is InChI=1S/C24H19NO5/c1-14-6-5-7-16(10-14)25-23(28)18-9-4-3-8-17(18)19(24(25)29)11-15-12-20(26)22(27)21(13-15)30-2/h3-13,26-27H,1-2H3. The summed E-state index contributed by atoms with van der Waals surface area (Å²) in [6.45, 7) is 1.89. The summed E-state index contributed by atoms with van der Waals surface area (Å²) >= 11 is 0. The fraction of sp³-hybridized carbons (Fsp3) is 0.0833. The van der Waals surface area contributed by atoms with E-state index in [1.165, 1.54) is 19.2 Å². The molecule has 6 heteroatoms. The minimum absolute atomic E-state index is 0.0741. The van der Waals surface area contributed by atoms with Gasteiger partial charge in [0.2, 0.25) is 5.75 Å². The van der Waals surface area contributed by atoms with E-state index in [1.54, 1.807) is 48.5 Å². The molecular formula is C24H19NO5. The van der Waals surface area contributed by atoms with Gasteiger partial charge >= 0.3 is 0 Å². The molecule has 0 aliphatic carbocycles. The van der Waals surface area contributed by atoms with Gasteiger partial charge < -0.3 is 14.9 Å². The summed E-state index contributed by atoms with van der Waals surface area (Å²) in [5, 5.41) is 19.9. The number of aryl methyl sites for hydroxylation is 1. The van der Waals surface area contributed by atoms with E-state index in [4.69, 9.17) is 4.74 Å². The van der Waals surface area contributed by atoms with Crippen LogP contribution in [0, 0.1) is 6.92 Å². The van der Waals surface area contributed by atoms with Crippen molar-refractivity contribution in [2.75, 3.05) is 12.0 Å². The summed E-state index contributed by atoms with van der Waals surface area (Å²) < 4.78 is 5.08. The largest absolute Gasteiger partial charge is 0.504 e. The van der Waals surface area contributed by atoms with Crippen molar-refractivity contribution in [3.63, 3.8) is 0 Å². The highest BCUT2D eigenvalue weighted by Gasteiger charge is 2.35. The van der Waals surface area contributed by atoms with Gasteiger partial charge in [0.15, 0.2) is 11.5 Å². The Balaban J connectivity index is 1.92. The number of phenolic OH excluding ortho intramolecular Hbond substituents is 2. The Morgan fingerprint density at radius 2 is 1.63 bits per heavy atom. The number of methoxy groups -OCH3 is 1. The predicted octanol–water partition coefficient (Wildman–Crippen LogP) is 4.14. The first-order valence-corrected chi connectivity index (χ1v) is 9.27. The summed E-state index contributed by atoms with van der Waals surface area (Å²) in [5.74, 6) is -1.55. The molecule has 1 heterocycles. The third-order valence-electron chi connectivity index (χ3n) is 4.95. The van der Waals surface area contributed by atoms with E-state index in [0.717, 1.165) is 10.5 Å². The number of hydrogen-bond donors (Lipinski definition) is 2. The molecule has 3 aromatic rings. The quantitative estimate of drug-likeness (QED) is 0.391. The number of carbonyl (C=O) groups excluding carboxylic acids is 2. The lowest BCUT2D eigenvalue weighted by molar-refractivity contribution is -0.112. The Kier molecular flexibility index (Phi) is 4.75. The van der Waals surface area contributed by atoms with Crippen LogP contribution in [0.3, 0.4) is 0 Å². The molecule has 4 rings (SSSR count). The topological polar surface area (TPSA) is 87.1 Å². The maximum atomic E-state index is 13.4. The number of amides is 2. The number of phenols is 2. The van der Waals surface area contributed by atoms with Gasteiger partial charge in [0, 0.05) is 11.1 Å². The van der Waals surface area contributed by atoms with Crippen LogP contribution in [-0.4, -0.2) is 29.1 Å². The first kappa shape index (κ1) is 19.3. The van der Waals surface area contributed by atoms with Crippen molar-refractivity contribution < 1.29 is 24.5 Å². The highest BCUT2D eigenvalue weighted by molar-refractivity contribution is 6.43. The highest BCUT2D eigenvalue weighted by Crippen LogP contribution is 2.39. The lowest BCUT2D eigenvalue weighted by Crippen LogP contribution is -2.41. The van der Waals surface area contributed by atoms with Gasteiger partial charge in [0.25, 0.3) is 11.8 Å². The van der Waals surface area contributed by atoms with E-state index in [-0.39, 0.29) is 17.2 Å². The predicted molar refractivity (Wildman–Crippen MR) is 114 cm³/mol. The Hall–Kier alpha value is -4.06. The van der Waals surface area contributed by atoms with Crippen LogP contribution in [0.15, 0.2) is 60.7 Å². The summed E-state index contributed by atoms with van der Waals surface area (Å²) in [7, 11) is 1.37.